The molecule has 7 heteroatoms. The molecule has 0 bridgehead atoms. The summed E-state index contributed by atoms with van der Waals surface area (Å²) in [5, 5.41) is 2.86. The van der Waals surface area contributed by atoms with Crippen LogP contribution in [0.5, 0.6) is 0 Å². The average molecular weight is 376 g/mol. The molecule has 0 fully saturated rings. The quantitative estimate of drug-likeness (QED) is 0.659. The van der Waals surface area contributed by atoms with E-state index in [0.29, 0.717) is 25.3 Å². The van der Waals surface area contributed by atoms with Crippen LogP contribution >= 0.6 is 0 Å². The molecule has 0 saturated carbocycles. The molecule has 0 saturated heterocycles. The van der Waals surface area contributed by atoms with E-state index in [9.17, 15) is 13.2 Å². The number of nitrogens with one attached hydrogen (secondary N) is 2. The SMILES string of the molecule is CCCOCc1ccccc1CNC(=O)c1ccc(S(=O)(=O)NC)cc1. The summed E-state index contributed by atoms with van der Waals surface area (Å²) in [5.74, 6) is -0.261. The van der Waals surface area contributed by atoms with Crippen molar-refractivity contribution in [2.45, 2.75) is 31.4 Å². The van der Waals surface area contributed by atoms with Crippen LogP contribution in [0.4, 0.5) is 0 Å². The molecule has 0 heterocycles. The lowest BCUT2D eigenvalue weighted by Crippen LogP contribution is -2.24. The van der Waals surface area contributed by atoms with Gasteiger partial charge in [0.1, 0.15) is 0 Å². The van der Waals surface area contributed by atoms with Gasteiger partial charge in [0.15, 0.2) is 0 Å². The second kappa shape index (κ2) is 9.47. The van der Waals surface area contributed by atoms with Gasteiger partial charge in [0.2, 0.25) is 10.0 Å². The molecule has 2 rings (SSSR count). The van der Waals surface area contributed by atoms with Crippen LogP contribution in [-0.4, -0.2) is 28.0 Å². The van der Waals surface area contributed by atoms with Gasteiger partial charge in [-0.1, -0.05) is 31.2 Å². The molecular formula is C19H24N2O4S. The van der Waals surface area contributed by atoms with Gasteiger partial charge in [0, 0.05) is 18.7 Å². The zero-order chi connectivity index (χ0) is 19.0. The third-order valence-corrected chi connectivity index (χ3v) is 5.29. The summed E-state index contributed by atoms with van der Waals surface area (Å²) in [6, 6.07) is 13.6. The number of benzene rings is 2. The topological polar surface area (TPSA) is 84.5 Å². The molecule has 0 atom stereocenters. The average Bonchev–Trinajstić information content (AvgIpc) is 2.67. The van der Waals surface area contributed by atoms with Crippen molar-refractivity contribution in [3.8, 4) is 0 Å². The lowest BCUT2D eigenvalue weighted by atomic mass is 10.1. The minimum atomic E-state index is -3.51. The van der Waals surface area contributed by atoms with Gasteiger partial charge in [-0.15, -0.1) is 0 Å². The Morgan fingerprint density at radius 3 is 2.31 bits per heavy atom. The van der Waals surface area contributed by atoms with Gasteiger partial charge in [-0.2, -0.15) is 0 Å². The fraction of sp³-hybridized carbons (Fsp3) is 0.316. The third-order valence-electron chi connectivity index (χ3n) is 3.86. The Hall–Kier alpha value is -2.22. The van der Waals surface area contributed by atoms with Gasteiger partial charge in [-0.05, 0) is 48.9 Å². The van der Waals surface area contributed by atoms with E-state index in [2.05, 4.69) is 17.0 Å². The zero-order valence-corrected chi connectivity index (χ0v) is 15.8. The van der Waals surface area contributed by atoms with E-state index < -0.39 is 10.0 Å². The van der Waals surface area contributed by atoms with Crippen LogP contribution in [0.1, 0.15) is 34.8 Å². The number of carbonyl (C=O) groups is 1. The van der Waals surface area contributed by atoms with Crippen molar-refractivity contribution in [2.75, 3.05) is 13.7 Å². The highest BCUT2D eigenvalue weighted by molar-refractivity contribution is 7.89. The Labute approximate surface area is 154 Å². The largest absolute Gasteiger partial charge is 0.377 e. The highest BCUT2D eigenvalue weighted by Gasteiger charge is 2.13. The molecule has 0 aliphatic carbocycles. The zero-order valence-electron chi connectivity index (χ0n) is 15.0. The molecule has 6 nitrogen and oxygen atoms in total. The van der Waals surface area contributed by atoms with Crippen LogP contribution in [0.2, 0.25) is 0 Å². The lowest BCUT2D eigenvalue weighted by Gasteiger charge is -2.11. The molecule has 0 unspecified atom stereocenters. The monoisotopic (exact) mass is 376 g/mol. The molecule has 140 valence electrons. The van der Waals surface area contributed by atoms with Gasteiger partial charge < -0.3 is 10.1 Å². The number of ether oxygens (including phenoxy) is 1. The van der Waals surface area contributed by atoms with Crippen molar-refractivity contribution >= 4 is 15.9 Å². The first-order valence-corrected chi connectivity index (χ1v) is 9.92. The van der Waals surface area contributed by atoms with E-state index in [-0.39, 0.29) is 10.8 Å². The van der Waals surface area contributed by atoms with Crippen molar-refractivity contribution in [3.63, 3.8) is 0 Å². The fourth-order valence-electron chi connectivity index (χ4n) is 2.38. The molecule has 0 aliphatic heterocycles. The molecule has 2 aromatic rings. The summed E-state index contributed by atoms with van der Waals surface area (Å²) in [7, 11) is -2.16. The van der Waals surface area contributed by atoms with Crippen molar-refractivity contribution in [3.05, 3.63) is 65.2 Å². The minimum Gasteiger partial charge on any atom is -0.377 e. The maximum absolute atomic E-state index is 12.3. The van der Waals surface area contributed by atoms with Gasteiger partial charge in [-0.25, -0.2) is 13.1 Å². The summed E-state index contributed by atoms with van der Waals surface area (Å²) < 4.78 is 31.3. The first-order valence-electron chi connectivity index (χ1n) is 8.44. The molecule has 26 heavy (non-hydrogen) atoms. The number of hydrogen-bond acceptors (Lipinski definition) is 4. The summed E-state index contributed by atoms with van der Waals surface area (Å²) in [6.45, 7) is 3.64. The first-order chi connectivity index (χ1) is 12.5. The standard InChI is InChI=1S/C19H24N2O4S/c1-3-12-25-14-17-7-5-4-6-16(17)13-21-19(22)15-8-10-18(11-9-15)26(23,24)20-2/h4-11,20H,3,12-14H2,1-2H3,(H,21,22). The van der Waals surface area contributed by atoms with Gasteiger partial charge in [0.25, 0.3) is 5.91 Å². The predicted molar refractivity (Wildman–Crippen MR) is 100 cm³/mol. The van der Waals surface area contributed by atoms with Crippen LogP contribution in [0.3, 0.4) is 0 Å². The normalized spacial score (nSPS) is 11.3. The van der Waals surface area contributed by atoms with Gasteiger partial charge in [-0.3, -0.25) is 4.79 Å². The Kier molecular flexibility index (Phi) is 7.32. The van der Waals surface area contributed by atoms with Crippen molar-refractivity contribution < 1.29 is 17.9 Å². The second-order valence-corrected chi connectivity index (χ2v) is 7.62. The third kappa shape index (κ3) is 5.39. The van der Waals surface area contributed by atoms with Crippen LogP contribution in [0.25, 0.3) is 0 Å². The Morgan fingerprint density at radius 1 is 1.04 bits per heavy atom. The number of hydrogen-bond donors (Lipinski definition) is 2. The van der Waals surface area contributed by atoms with E-state index in [4.69, 9.17) is 4.74 Å². The molecule has 1 amide bonds. The summed E-state index contributed by atoms with van der Waals surface area (Å²) in [4.78, 5) is 12.4. The van der Waals surface area contributed by atoms with E-state index in [1.807, 2.05) is 24.3 Å². The van der Waals surface area contributed by atoms with E-state index in [1.54, 1.807) is 0 Å². The van der Waals surface area contributed by atoms with Crippen LogP contribution < -0.4 is 10.0 Å². The predicted octanol–water partition coefficient (Wildman–Crippen LogP) is 2.45. The smallest absolute Gasteiger partial charge is 0.251 e. The molecule has 2 N–H and O–H groups in total. The van der Waals surface area contributed by atoms with Crippen molar-refractivity contribution in [2.24, 2.45) is 0 Å². The van der Waals surface area contributed by atoms with Gasteiger partial charge in [0.05, 0.1) is 11.5 Å². The number of carbonyl (C=O) groups excluding carboxylic acids is 1. The van der Waals surface area contributed by atoms with Crippen molar-refractivity contribution in [1.29, 1.82) is 0 Å². The summed E-state index contributed by atoms with van der Waals surface area (Å²) in [5.41, 5.74) is 2.43. The minimum absolute atomic E-state index is 0.120. The van der Waals surface area contributed by atoms with E-state index in [1.165, 1.54) is 31.3 Å². The molecule has 0 radical (unpaired) electrons. The molecule has 0 spiro atoms. The summed E-state index contributed by atoms with van der Waals surface area (Å²) >= 11 is 0. The van der Waals surface area contributed by atoms with Crippen LogP contribution in [0.15, 0.2) is 53.4 Å². The molecular weight excluding hydrogens is 352 g/mol. The van der Waals surface area contributed by atoms with Gasteiger partial charge >= 0.3 is 0 Å². The number of amides is 1. The highest BCUT2D eigenvalue weighted by Crippen LogP contribution is 2.12. The summed E-state index contributed by atoms with van der Waals surface area (Å²) in [6.07, 6.45) is 0.957. The first kappa shape index (κ1) is 20.1. The lowest BCUT2D eigenvalue weighted by molar-refractivity contribution is 0.0949. The highest BCUT2D eigenvalue weighted by atomic mass is 32.2. The van der Waals surface area contributed by atoms with Crippen LogP contribution in [-0.2, 0) is 27.9 Å². The number of sulfonamides is 1. The Bertz CT molecular complexity index is 833. The van der Waals surface area contributed by atoms with Crippen molar-refractivity contribution in [1.82, 2.24) is 10.0 Å². The molecule has 0 aliphatic rings. The van der Waals surface area contributed by atoms with Crippen LogP contribution in [0, 0.1) is 0 Å². The molecule has 0 aromatic heterocycles. The fourth-order valence-corrected chi connectivity index (χ4v) is 3.11. The van der Waals surface area contributed by atoms with E-state index >= 15 is 0 Å². The maximum atomic E-state index is 12.3. The number of rotatable bonds is 9. The Morgan fingerprint density at radius 2 is 1.69 bits per heavy atom. The second-order valence-electron chi connectivity index (χ2n) is 5.74. The van der Waals surface area contributed by atoms with E-state index in [0.717, 1.165) is 17.5 Å². The maximum Gasteiger partial charge on any atom is 0.251 e. The molecule has 2 aromatic carbocycles. The Balaban J connectivity index is 2.01.